The molecule has 0 spiro atoms. The first-order valence-electron chi connectivity index (χ1n) is 4.38. The molecular weight excluding hydrogens is 182 g/mol. The largest absolute Gasteiger partial charge is 0.494 e. The molecule has 0 atom stereocenters. The van der Waals surface area contributed by atoms with Crippen molar-refractivity contribution < 1.29 is 14.3 Å². The fourth-order valence-electron chi connectivity index (χ4n) is 1.05. The summed E-state index contributed by atoms with van der Waals surface area (Å²) in [7, 11) is 1.51. The molecule has 0 fully saturated rings. The van der Waals surface area contributed by atoms with Gasteiger partial charge in [-0.2, -0.15) is 0 Å². The molecule has 76 valence electrons. The number of hydrogen-bond donors (Lipinski definition) is 0. The molecule has 0 aliphatic heterocycles. The summed E-state index contributed by atoms with van der Waals surface area (Å²) >= 11 is 0. The van der Waals surface area contributed by atoms with Crippen LogP contribution in [-0.2, 0) is 4.74 Å². The van der Waals surface area contributed by atoms with Crippen LogP contribution in [0, 0.1) is 0 Å². The van der Waals surface area contributed by atoms with Crippen LogP contribution in [0.1, 0.15) is 17.3 Å². The average molecular weight is 195 g/mol. The van der Waals surface area contributed by atoms with E-state index in [0.717, 1.165) is 0 Å². The van der Waals surface area contributed by atoms with E-state index in [0.29, 0.717) is 17.9 Å². The minimum absolute atomic E-state index is 0.0802. The van der Waals surface area contributed by atoms with Crippen LogP contribution in [0.3, 0.4) is 0 Å². The number of ether oxygens (including phenoxy) is 2. The van der Waals surface area contributed by atoms with Crippen LogP contribution in [0.4, 0.5) is 0 Å². The second-order valence-electron chi connectivity index (χ2n) is 2.64. The SMILES string of the molecule is CCOCC(=O)c1ccncc1OC. The zero-order valence-corrected chi connectivity index (χ0v) is 8.32. The molecule has 1 aromatic rings. The maximum Gasteiger partial charge on any atom is 0.192 e. The van der Waals surface area contributed by atoms with Crippen molar-refractivity contribution in [2.45, 2.75) is 6.92 Å². The van der Waals surface area contributed by atoms with Crippen molar-refractivity contribution in [3.05, 3.63) is 24.0 Å². The van der Waals surface area contributed by atoms with E-state index in [1.165, 1.54) is 13.3 Å². The third-order valence-corrected chi connectivity index (χ3v) is 1.74. The quantitative estimate of drug-likeness (QED) is 0.664. The number of ketones is 1. The number of nitrogens with zero attached hydrogens (tertiary/aromatic N) is 1. The van der Waals surface area contributed by atoms with Crippen molar-refractivity contribution in [2.75, 3.05) is 20.3 Å². The Morgan fingerprint density at radius 2 is 2.36 bits per heavy atom. The summed E-state index contributed by atoms with van der Waals surface area (Å²) in [4.78, 5) is 15.4. The highest BCUT2D eigenvalue weighted by atomic mass is 16.5. The molecule has 0 saturated carbocycles. The molecular formula is C10H13NO3. The van der Waals surface area contributed by atoms with Gasteiger partial charge in [-0.15, -0.1) is 0 Å². The number of carbonyl (C=O) groups is 1. The molecule has 0 aromatic carbocycles. The van der Waals surface area contributed by atoms with Gasteiger partial charge in [-0.3, -0.25) is 9.78 Å². The lowest BCUT2D eigenvalue weighted by Gasteiger charge is -2.05. The predicted molar refractivity (Wildman–Crippen MR) is 51.6 cm³/mol. The summed E-state index contributed by atoms with van der Waals surface area (Å²) < 4.78 is 10.0. The molecule has 0 amide bonds. The Kier molecular flexibility index (Phi) is 4.07. The first-order valence-corrected chi connectivity index (χ1v) is 4.38. The van der Waals surface area contributed by atoms with Crippen LogP contribution in [0.25, 0.3) is 0 Å². The Morgan fingerprint density at radius 3 is 3.00 bits per heavy atom. The summed E-state index contributed by atoms with van der Waals surface area (Å²) in [5, 5.41) is 0. The molecule has 0 saturated heterocycles. The summed E-state index contributed by atoms with van der Waals surface area (Å²) in [5.41, 5.74) is 0.510. The number of carbonyl (C=O) groups excluding carboxylic acids is 1. The summed E-state index contributed by atoms with van der Waals surface area (Å²) in [6, 6.07) is 1.63. The van der Waals surface area contributed by atoms with Crippen LogP contribution in [0.5, 0.6) is 5.75 Å². The van der Waals surface area contributed by atoms with Crippen molar-refractivity contribution in [1.82, 2.24) is 4.98 Å². The number of methoxy groups -OCH3 is 1. The van der Waals surface area contributed by atoms with Gasteiger partial charge < -0.3 is 9.47 Å². The Labute approximate surface area is 82.9 Å². The normalized spacial score (nSPS) is 9.86. The lowest BCUT2D eigenvalue weighted by atomic mass is 10.2. The first kappa shape index (κ1) is 10.7. The van der Waals surface area contributed by atoms with Gasteiger partial charge in [0, 0.05) is 12.8 Å². The monoisotopic (exact) mass is 195 g/mol. The van der Waals surface area contributed by atoms with Crippen LogP contribution < -0.4 is 4.74 Å². The maximum absolute atomic E-state index is 11.6. The predicted octanol–water partition coefficient (Wildman–Crippen LogP) is 1.31. The Morgan fingerprint density at radius 1 is 1.57 bits per heavy atom. The van der Waals surface area contributed by atoms with E-state index in [2.05, 4.69) is 4.98 Å². The van der Waals surface area contributed by atoms with Gasteiger partial charge in [0.15, 0.2) is 5.78 Å². The molecule has 0 bridgehead atoms. The fourth-order valence-corrected chi connectivity index (χ4v) is 1.05. The van der Waals surface area contributed by atoms with Gasteiger partial charge in [0.25, 0.3) is 0 Å². The topological polar surface area (TPSA) is 48.4 Å². The van der Waals surface area contributed by atoms with E-state index >= 15 is 0 Å². The van der Waals surface area contributed by atoms with Crippen LogP contribution >= 0.6 is 0 Å². The minimum Gasteiger partial charge on any atom is -0.494 e. The highest BCUT2D eigenvalue weighted by molar-refractivity contribution is 5.99. The highest BCUT2D eigenvalue weighted by Crippen LogP contribution is 2.16. The molecule has 1 rings (SSSR count). The van der Waals surface area contributed by atoms with Crippen LogP contribution in [0.15, 0.2) is 18.5 Å². The van der Waals surface area contributed by atoms with Crippen molar-refractivity contribution >= 4 is 5.78 Å². The molecule has 0 unspecified atom stereocenters. The second kappa shape index (κ2) is 5.34. The summed E-state index contributed by atoms with van der Waals surface area (Å²) in [5.74, 6) is 0.392. The maximum atomic E-state index is 11.6. The Balaban J connectivity index is 2.78. The van der Waals surface area contributed by atoms with Gasteiger partial charge in [-0.25, -0.2) is 0 Å². The first-order chi connectivity index (χ1) is 6.79. The van der Waals surface area contributed by atoms with Gasteiger partial charge in [-0.1, -0.05) is 0 Å². The fraction of sp³-hybridized carbons (Fsp3) is 0.400. The Bertz CT molecular complexity index is 312. The van der Waals surface area contributed by atoms with E-state index in [9.17, 15) is 4.79 Å². The second-order valence-corrected chi connectivity index (χ2v) is 2.64. The van der Waals surface area contributed by atoms with Crippen molar-refractivity contribution in [3.8, 4) is 5.75 Å². The molecule has 4 heteroatoms. The van der Waals surface area contributed by atoms with Crippen molar-refractivity contribution in [2.24, 2.45) is 0 Å². The Hall–Kier alpha value is -1.42. The zero-order valence-electron chi connectivity index (χ0n) is 8.32. The molecule has 0 radical (unpaired) electrons. The number of hydrogen-bond acceptors (Lipinski definition) is 4. The lowest BCUT2D eigenvalue weighted by Crippen LogP contribution is -2.10. The van der Waals surface area contributed by atoms with Gasteiger partial charge in [0.2, 0.25) is 0 Å². The van der Waals surface area contributed by atoms with E-state index in [1.807, 2.05) is 6.92 Å². The van der Waals surface area contributed by atoms with Crippen LogP contribution in [-0.4, -0.2) is 31.1 Å². The standard InChI is InChI=1S/C10H13NO3/c1-3-14-7-9(12)8-4-5-11-6-10(8)13-2/h4-6H,3,7H2,1-2H3. The molecule has 0 aliphatic rings. The molecule has 1 heterocycles. The molecule has 0 N–H and O–H groups in total. The van der Waals surface area contributed by atoms with E-state index in [-0.39, 0.29) is 12.4 Å². The third kappa shape index (κ3) is 2.53. The van der Waals surface area contributed by atoms with E-state index in [4.69, 9.17) is 9.47 Å². The number of aromatic nitrogens is 1. The zero-order chi connectivity index (χ0) is 10.4. The van der Waals surface area contributed by atoms with Crippen molar-refractivity contribution in [1.29, 1.82) is 0 Å². The van der Waals surface area contributed by atoms with Gasteiger partial charge in [0.05, 0.1) is 18.9 Å². The van der Waals surface area contributed by atoms with Crippen molar-refractivity contribution in [3.63, 3.8) is 0 Å². The van der Waals surface area contributed by atoms with Gasteiger partial charge in [-0.05, 0) is 13.0 Å². The van der Waals surface area contributed by atoms with E-state index < -0.39 is 0 Å². The van der Waals surface area contributed by atoms with Gasteiger partial charge >= 0.3 is 0 Å². The molecule has 14 heavy (non-hydrogen) atoms. The summed E-state index contributed by atoms with van der Waals surface area (Å²) in [6.45, 7) is 2.45. The summed E-state index contributed by atoms with van der Waals surface area (Å²) in [6.07, 6.45) is 3.07. The lowest BCUT2D eigenvalue weighted by molar-refractivity contribution is 0.0780. The average Bonchev–Trinajstić information content (AvgIpc) is 2.25. The molecule has 4 nitrogen and oxygen atoms in total. The molecule has 1 aromatic heterocycles. The smallest absolute Gasteiger partial charge is 0.192 e. The number of rotatable bonds is 5. The highest BCUT2D eigenvalue weighted by Gasteiger charge is 2.11. The third-order valence-electron chi connectivity index (χ3n) is 1.74. The van der Waals surface area contributed by atoms with E-state index in [1.54, 1.807) is 12.3 Å². The number of pyridine rings is 1. The number of Topliss-reactive ketones (excluding diaryl/α,β-unsaturated/α-hetero) is 1. The minimum atomic E-state index is -0.0916. The molecule has 0 aliphatic carbocycles. The van der Waals surface area contributed by atoms with Crippen LogP contribution in [0.2, 0.25) is 0 Å². The van der Waals surface area contributed by atoms with Gasteiger partial charge in [0.1, 0.15) is 12.4 Å².